The summed E-state index contributed by atoms with van der Waals surface area (Å²) in [7, 11) is 0. The molecule has 1 heterocycles. The standard InChI is InChI=1S/C11H16N2O2/c1-2-5-12-11(15)8-13-6-3-10(9-14)4-7-13/h1,9-10H,3-8H2,(H,12,15). The van der Waals surface area contributed by atoms with E-state index in [0.29, 0.717) is 6.54 Å². The van der Waals surface area contributed by atoms with Crippen molar-refractivity contribution in [2.24, 2.45) is 5.92 Å². The van der Waals surface area contributed by atoms with Gasteiger partial charge in [0.05, 0.1) is 13.1 Å². The van der Waals surface area contributed by atoms with Crippen molar-refractivity contribution in [3.05, 3.63) is 0 Å². The van der Waals surface area contributed by atoms with Gasteiger partial charge >= 0.3 is 0 Å². The molecule has 1 amide bonds. The molecule has 0 radical (unpaired) electrons. The van der Waals surface area contributed by atoms with Gasteiger partial charge in [0.2, 0.25) is 5.91 Å². The van der Waals surface area contributed by atoms with Crippen LogP contribution in [0.15, 0.2) is 0 Å². The van der Waals surface area contributed by atoms with Crippen LogP contribution in [0.2, 0.25) is 0 Å². The zero-order valence-corrected chi connectivity index (χ0v) is 8.74. The Kier molecular flexibility index (Phi) is 4.85. The molecule has 1 saturated heterocycles. The van der Waals surface area contributed by atoms with Crippen LogP contribution in [0.5, 0.6) is 0 Å². The summed E-state index contributed by atoms with van der Waals surface area (Å²) in [5, 5.41) is 2.62. The molecule has 0 unspecified atom stereocenters. The average molecular weight is 208 g/mol. The van der Waals surface area contributed by atoms with Crippen molar-refractivity contribution < 1.29 is 9.59 Å². The van der Waals surface area contributed by atoms with E-state index in [4.69, 9.17) is 6.42 Å². The van der Waals surface area contributed by atoms with E-state index in [-0.39, 0.29) is 18.4 Å². The van der Waals surface area contributed by atoms with Gasteiger partial charge in [-0.25, -0.2) is 0 Å². The van der Waals surface area contributed by atoms with Crippen LogP contribution in [0.3, 0.4) is 0 Å². The summed E-state index contributed by atoms with van der Waals surface area (Å²) in [6, 6.07) is 0. The van der Waals surface area contributed by atoms with Gasteiger partial charge in [0.1, 0.15) is 6.29 Å². The maximum Gasteiger partial charge on any atom is 0.234 e. The van der Waals surface area contributed by atoms with E-state index < -0.39 is 0 Å². The number of hydrogen-bond acceptors (Lipinski definition) is 3. The Morgan fingerprint density at radius 2 is 2.20 bits per heavy atom. The second-order valence-corrected chi connectivity index (χ2v) is 3.73. The maximum absolute atomic E-state index is 11.3. The fourth-order valence-corrected chi connectivity index (χ4v) is 1.66. The summed E-state index contributed by atoms with van der Waals surface area (Å²) < 4.78 is 0. The summed E-state index contributed by atoms with van der Waals surface area (Å²) in [4.78, 5) is 23.9. The van der Waals surface area contributed by atoms with Crippen molar-refractivity contribution in [3.63, 3.8) is 0 Å². The number of carbonyl (C=O) groups excluding carboxylic acids is 2. The lowest BCUT2D eigenvalue weighted by molar-refractivity contribution is -0.122. The Hall–Kier alpha value is -1.34. The molecule has 1 rings (SSSR count). The van der Waals surface area contributed by atoms with Crippen LogP contribution < -0.4 is 5.32 Å². The predicted octanol–water partition coefficient (Wildman–Crippen LogP) is -0.353. The zero-order chi connectivity index (χ0) is 11.1. The molecule has 1 fully saturated rings. The number of aldehydes is 1. The zero-order valence-electron chi connectivity index (χ0n) is 8.74. The van der Waals surface area contributed by atoms with Gasteiger partial charge in [-0.1, -0.05) is 5.92 Å². The molecule has 0 spiro atoms. The molecule has 0 atom stereocenters. The molecule has 4 nitrogen and oxygen atoms in total. The topological polar surface area (TPSA) is 49.4 Å². The first-order chi connectivity index (χ1) is 7.26. The van der Waals surface area contributed by atoms with Crippen LogP contribution >= 0.6 is 0 Å². The van der Waals surface area contributed by atoms with Crippen molar-refractivity contribution in [1.82, 2.24) is 10.2 Å². The predicted molar refractivity (Wildman–Crippen MR) is 57.1 cm³/mol. The highest BCUT2D eigenvalue weighted by Crippen LogP contribution is 2.13. The number of terminal acetylenes is 1. The minimum Gasteiger partial charge on any atom is -0.344 e. The lowest BCUT2D eigenvalue weighted by Crippen LogP contribution is -2.41. The van der Waals surface area contributed by atoms with Gasteiger partial charge in [0.25, 0.3) is 0 Å². The van der Waals surface area contributed by atoms with E-state index >= 15 is 0 Å². The minimum atomic E-state index is -0.0440. The van der Waals surface area contributed by atoms with E-state index in [9.17, 15) is 9.59 Å². The Morgan fingerprint density at radius 1 is 1.53 bits per heavy atom. The van der Waals surface area contributed by atoms with Crippen LogP contribution in [0.4, 0.5) is 0 Å². The first-order valence-corrected chi connectivity index (χ1v) is 5.14. The maximum atomic E-state index is 11.3. The monoisotopic (exact) mass is 208 g/mol. The average Bonchev–Trinajstić information content (AvgIpc) is 2.27. The van der Waals surface area contributed by atoms with Crippen LogP contribution in [0.1, 0.15) is 12.8 Å². The van der Waals surface area contributed by atoms with Crippen molar-refractivity contribution in [2.45, 2.75) is 12.8 Å². The number of amides is 1. The molecule has 0 aliphatic carbocycles. The summed E-state index contributed by atoms with van der Waals surface area (Å²) >= 11 is 0. The SMILES string of the molecule is C#CCNC(=O)CN1CCC(C=O)CC1. The summed E-state index contributed by atoms with van der Waals surface area (Å²) in [6.45, 7) is 2.29. The Morgan fingerprint density at radius 3 is 2.73 bits per heavy atom. The van der Waals surface area contributed by atoms with Crippen LogP contribution in [0, 0.1) is 18.3 Å². The van der Waals surface area contributed by atoms with E-state index in [1.807, 2.05) is 4.90 Å². The number of carbonyl (C=O) groups is 2. The minimum absolute atomic E-state index is 0.0440. The van der Waals surface area contributed by atoms with Crippen LogP contribution in [-0.4, -0.2) is 43.3 Å². The van der Waals surface area contributed by atoms with Gasteiger partial charge in [-0.15, -0.1) is 6.42 Å². The number of nitrogens with zero attached hydrogens (tertiary/aromatic N) is 1. The van der Waals surface area contributed by atoms with Crippen LogP contribution in [0.25, 0.3) is 0 Å². The van der Waals surface area contributed by atoms with Gasteiger partial charge in [-0.2, -0.15) is 0 Å². The Bertz CT molecular complexity index is 262. The van der Waals surface area contributed by atoms with Crippen molar-refractivity contribution in [2.75, 3.05) is 26.2 Å². The quantitative estimate of drug-likeness (QED) is 0.507. The van der Waals surface area contributed by atoms with Gasteiger partial charge in [-0.05, 0) is 25.9 Å². The first-order valence-electron chi connectivity index (χ1n) is 5.14. The molecule has 4 heteroatoms. The largest absolute Gasteiger partial charge is 0.344 e. The summed E-state index contributed by atoms with van der Waals surface area (Å²) in [5.41, 5.74) is 0. The first kappa shape index (κ1) is 11.7. The lowest BCUT2D eigenvalue weighted by atomic mass is 9.99. The smallest absolute Gasteiger partial charge is 0.234 e. The van der Waals surface area contributed by atoms with Gasteiger partial charge < -0.3 is 10.1 Å². The third-order valence-electron chi connectivity index (χ3n) is 2.58. The molecular weight excluding hydrogens is 192 g/mol. The molecular formula is C11H16N2O2. The Balaban J connectivity index is 2.21. The molecule has 0 aromatic heterocycles. The van der Waals surface area contributed by atoms with Crippen molar-refractivity contribution >= 4 is 12.2 Å². The Labute approximate surface area is 90.0 Å². The van der Waals surface area contributed by atoms with Crippen molar-refractivity contribution in [1.29, 1.82) is 0 Å². The van der Waals surface area contributed by atoms with Crippen molar-refractivity contribution in [3.8, 4) is 12.3 Å². The second-order valence-electron chi connectivity index (χ2n) is 3.73. The molecule has 15 heavy (non-hydrogen) atoms. The molecule has 1 aliphatic rings. The second kappa shape index (κ2) is 6.20. The van der Waals surface area contributed by atoms with Gasteiger partial charge in [0, 0.05) is 5.92 Å². The van der Waals surface area contributed by atoms with E-state index in [0.717, 1.165) is 32.2 Å². The fraction of sp³-hybridized carbons (Fsp3) is 0.636. The third-order valence-corrected chi connectivity index (χ3v) is 2.58. The molecule has 1 aliphatic heterocycles. The summed E-state index contributed by atoms with van der Waals surface area (Å²) in [6.07, 6.45) is 7.74. The third kappa shape index (κ3) is 4.13. The number of rotatable bonds is 4. The number of hydrogen-bond donors (Lipinski definition) is 1. The highest BCUT2D eigenvalue weighted by atomic mass is 16.2. The highest BCUT2D eigenvalue weighted by molar-refractivity contribution is 5.78. The van der Waals surface area contributed by atoms with Gasteiger partial charge in [0.15, 0.2) is 0 Å². The molecule has 0 bridgehead atoms. The molecule has 82 valence electrons. The number of likely N-dealkylation sites (tertiary alicyclic amines) is 1. The molecule has 0 aromatic carbocycles. The molecule has 0 aromatic rings. The summed E-state index contributed by atoms with van der Waals surface area (Å²) in [5.74, 6) is 2.49. The number of nitrogens with one attached hydrogen (secondary N) is 1. The number of piperidine rings is 1. The van der Waals surface area contributed by atoms with Crippen LogP contribution in [-0.2, 0) is 9.59 Å². The lowest BCUT2D eigenvalue weighted by Gasteiger charge is -2.28. The van der Waals surface area contributed by atoms with E-state index in [2.05, 4.69) is 11.2 Å². The normalized spacial score (nSPS) is 18.1. The van der Waals surface area contributed by atoms with E-state index in [1.54, 1.807) is 0 Å². The highest BCUT2D eigenvalue weighted by Gasteiger charge is 2.19. The fourth-order valence-electron chi connectivity index (χ4n) is 1.66. The van der Waals surface area contributed by atoms with Gasteiger partial charge in [-0.3, -0.25) is 9.69 Å². The molecule has 0 saturated carbocycles. The molecule has 1 N–H and O–H groups in total. The van der Waals surface area contributed by atoms with E-state index in [1.165, 1.54) is 0 Å².